The molecule has 3 atom stereocenters. The molecule has 0 amide bonds. The topological polar surface area (TPSA) is 15.3 Å². The lowest BCUT2D eigenvalue weighted by molar-refractivity contribution is 0.114. The van der Waals surface area contributed by atoms with Gasteiger partial charge >= 0.3 is 0 Å². The summed E-state index contributed by atoms with van der Waals surface area (Å²) in [4.78, 5) is 2.56. The van der Waals surface area contributed by atoms with Crippen molar-refractivity contribution in [2.75, 3.05) is 19.6 Å². The Kier molecular flexibility index (Phi) is 4.97. The van der Waals surface area contributed by atoms with Gasteiger partial charge in [-0.2, -0.15) is 0 Å². The molecular weight excluding hydrogens is 331 g/mol. The van der Waals surface area contributed by atoms with E-state index in [2.05, 4.69) is 33.1 Å². The van der Waals surface area contributed by atoms with Crippen molar-refractivity contribution in [3.05, 3.63) is 34.1 Å². The molecule has 1 aromatic rings. The summed E-state index contributed by atoms with van der Waals surface area (Å²) in [6, 6.07) is 6.47. The van der Waals surface area contributed by atoms with Gasteiger partial charge in [-0.3, -0.25) is 4.90 Å². The normalized spacial score (nSPS) is 28.7. The number of benzene rings is 1. The van der Waals surface area contributed by atoms with Crippen molar-refractivity contribution < 1.29 is 4.39 Å². The van der Waals surface area contributed by atoms with Crippen molar-refractivity contribution in [3.8, 4) is 0 Å². The summed E-state index contributed by atoms with van der Waals surface area (Å²) in [5.41, 5.74) is 1.20. The van der Waals surface area contributed by atoms with E-state index in [0.29, 0.717) is 16.6 Å². The number of likely N-dealkylation sites (tertiary alicyclic amines) is 1. The molecule has 21 heavy (non-hydrogen) atoms. The molecule has 2 saturated heterocycles. The minimum atomic E-state index is -0.183. The second-order valence-electron chi connectivity index (χ2n) is 6.45. The van der Waals surface area contributed by atoms with E-state index in [4.69, 9.17) is 0 Å². The summed E-state index contributed by atoms with van der Waals surface area (Å²) >= 11 is 3.30. The number of hydrogen-bond acceptors (Lipinski definition) is 2. The average Bonchev–Trinajstić information content (AvgIpc) is 3.04. The number of nitrogens with one attached hydrogen (secondary N) is 1. The van der Waals surface area contributed by atoms with Gasteiger partial charge in [-0.1, -0.05) is 6.07 Å². The summed E-state index contributed by atoms with van der Waals surface area (Å²) in [6.45, 7) is 5.74. The van der Waals surface area contributed by atoms with E-state index in [9.17, 15) is 4.39 Å². The fourth-order valence-corrected chi connectivity index (χ4v) is 4.21. The average molecular weight is 355 g/mol. The van der Waals surface area contributed by atoms with Crippen LogP contribution in [0.1, 0.15) is 44.2 Å². The summed E-state index contributed by atoms with van der Waals surface area (Å²) < 4.78 is 14.0. The lowest BCUT2D eigenvalue weighted by atomic mass is 9.88. The first kappa shape index (κ1) is 15.4. The van der Waals surface area contributed by atoms with Gasteiger partial charge in [0.25, 0.3) is 0 Å². The van der Waals surface area contributed by atoms with Crippen LogP contribution in [0.3, 0.4) is 0 Å². The number of rotatable bonds is 3. The van der Waals surface area contributed by atoms with Crippen molar-refractivity contribution in [1.29, 1.82) is 0 Å². The van der Waals surface area contributed by atoms with E-state index in [-0.39, 0.29) is 5.82 Å². The maximum Gasteiger partial charge on any atom is 0.137 e. The fourth-order valence-electron chi connectivity index (χ4n) is 3.82. The van der Waals surface area contributed by atoms with Crippen LogP contribution in [0.4, 0.5) is 4.39 Å². The van der Waals surface area contributed by atoms with Crippen LogP contribution >= 0.6 is 15.9 Å². The number of hydrogen-bond donors (Lipinski definition) is 1. The molecule has 4 heteroatoms. The lowest BCUT2D eigenvalue weighted by Gasteiger charge is -2.39. The molecule has 0 spiro atoms. The van der Waals surface area contributed by atoms with Crippen LogP contribution in [0.5, 0.6) is 0 Å². The molecule has 3 rings (SSSR count). The molecule has 2 fully saturated rings. The Bertz CT molecular complexity index is 488. The predicted octanol–water partition coefficient (Wildman–Crippen LogP) is 4.11. The van der Waals surface area contributed by atoms with Gasteiger partial charge in [-0.15, -0.1) is 0 Å². The highest BCUT2D eigenvalue weighted by atomic mass is 79.9. The van der Waals surface area contributed by atoms with Crippen LogP contribution in [0.25, 0.3) is 0 Å². The Labute approximate surface area is 135 Å². The minimum Gasteiger partial charge on any atom is -0.314 e. The highest BCUT2D eigenvalue weighted by molar-refractivity contribution is 9.10. The molecule has 0 bridgehead atoms. The lowest BCUT2D eigenvalue weighted by Crippen LogP contribution is -2.44. The molecule has 0 radical (unpaired) electrons. The monoisotopic (exact) mass is 354 g/mol. The predicted molar refractivity (Wildman–Crippen MR) is 87.8 cm³/mol. The van der Waals surface area contributed by atoms with Gasteiger partial charge in [0.1, 0.15) is 5.82 Å². The van der Waals surface area contributed by atoms with E-state index in [1.807, 2.05) is 12.1 Å². The molecule has 0 aliphatic carbocycles. The number of nitrogens with zero attached hydrogens (tertiary/aromatic N) is 1. The molecule has 2 aliphatic rings. The Hall–Kier alpha value is -0.450. The Morgan fingerprint density at radius 3 is 2.90 bits per heavy atom. The highest BCUT2D eigenvalue weighted by Gasteiger charge is 2.31. The molecule has 1 N–H and O–H groups in total. The molecule has 3 unspecified atom stereocenters. The molecule has 2 heterocycles. The zero-order valence-electron chi connectivity index (χ0n) is 12.6. The number of halogens is 2. The summed E-state index contributed by atoms with van der Waals surface area (Å²) in [6.07, 6.45) is 5.26. The van der Waals surface area contributed by atoms with Gasteiger partial charge in [0.15, 0.2) is 0 Å². The number of piperidine rings is 1. The molecular formula is C17H24BrFN2. The van der Waals surface area contributed by atoms with Crippen LogP contribution in [0, 0.1) is 11.7 Å². The third kappa shape index (κ3) is 3.49. The molecule has 1 aromatic carbocycles. The van der Waals surface area contributed by atoms with Crippen molar-refractivity contribution in [2.24, 2.45) is 5.92 Å². The summed E-state index contributed by atoms with van der Waals surface area (Å²) in [5, 5.41) is 3.66. The van der Waals surface area contributed by atoms with E-state index in [0.717, 1.165) is 19.0 Å². The summed E-state index contributed by atoms with van der Waals surface area (Å²) in [5.74, 6) is 0.588. The Morgan fingerprint density at radius 1 is 1.33 bits per heavy atom. The van der Waals surface area contributed by atoms with Gasteiger partial charge in [-0.25, -0.2) is 4.39 Å². The van der Waals surface area contributed by atoms with Crippen molar-refractivity contribution in [2.45, 2.75) is 44.7 Å². The molecule has 2 nitrogen and oxygen atoms in total. The van der Waals surface area contributed by atoms with Crippen LogP contribution in [-0.2, 0) is 0 Å². The maximum atomic E-state index is 13.4. The van der Waals surface area contributed by atoms with Gasteiger partial charge < -0.3 is 5.32 Å². The van der Waals surface area contributed by atoms with Crippen molar-refractivity contribution >= 4 is 15.9 Å². The second kappa shape index (κ2) is 6.76. The van der Waals surface area contributed by atoms with Crippen LogP contribution in [0.2, 0.25) is 0 Å². The van der Waals surface area contributed by atoms with E-state index >= 15 is 0 Å². The first-order chi connectivity index (χ1) is 10.1. The Morgan fingerprint density at radius 2 is 2.19 bits per heavy atom. The van der Waals surface area contributed by atoms with Gasteiger partial charge in [0.05, 0.1) is 4.47 Å². The maximum absolute atomic E-state index is 13.4. The third-order valence-electron chi connectivity index (χ3n) is 5.13. The zero-order chi connectivity index (χ0) is 14.8. The minimum absolute atomic E-state index is 0.183. The standard InChI is InChI=1S/C17H24BrFN2/c1-12(13-6-7-16(19)15(18)10-13)21-9-3-4-14(11-21)17-5-2-8-20-17/h6-7,10,12,14,17,20H,2-5,8-9,11H2,1H3. The second-order valence-corrected chi connectivity index (χ2v) is 7.30. The SMILES string of the molecule is CC(c1ccc(F)c(Br)c1)N1CCCC(C2CCCN2)C1. The van der Waals surface area contributed by atoms with Gasteiger partial charge in [-0.05, 0) is 85.2 Å². The van der Waals surface area contributed by atoms with Crippen LogP contribution in [0.15, 0.2) is 22.7 Å². The van der Waals surface area contributed by atoms with Crippen molar-refractivity contribution in [3.63, 3.8) is 0 Å². The largest absolute Gasteiger partial charge is 0.314 e. The van der Waals surface area contributed by atoms with Gasteiger partial charge in [0.2, 0.25) is 0 Å². The molecule has 116 valence electrons. The van der Waals surface area contributed by atoms with Crippen LogP contribution in [-0.4, -0.2) is 30.6 Å². The first-order valence-corrected chi connectivity index (χ1v) is 8.87. The third-order valence-corrected chi connectivity index (χ3v) is 5.74. The smallest absolute Gasteiger partial charge is 0.137 e. The van der Waals surface area contributed by atoms with E-state index < -0.39 is 0 Å². The first-order valence-electron chi connectivity index (χ1n) is 8.07. The highest BCUT2D eigenvalue weighted by Crippen LogP contribution is 2.31. The van der Waals surface area contributed by atoms with E-state index in [1.165, 1.54) is 37.8 Å². The van der Waals surface area contributed by atoms with Gasteiger partial charge in [0, 0.05) is 18.6 Å². The van der Waals surface area contributed by atoms with Crippen LogP contribution < -0.4 is 5.32 Å². The molecule has 0 saturated carbocycles. The Balaban J connectivity index is 1.68. The molecule has 0 aromatic heterocycles. The summed E-state index contributed by atoms with van der Waals surface area (Å²) in [7, 11) is 0. The van der Waals surface area contributed by atoms with E-state index in [1.54, 1.807) is 6.07 Å². The zero-order valence-corrected chi connectivity index (χ0v) is 14.2. The quantitative estimate of drug-likeness (QED) is 0.878. The molecule has 2 aliphatic heterocycles. The van der Waals surface area contributed by atoms with Crippen molar-refractivity contribution in [1.82, 2.24) is 10.2 Å². The fraction of sp³-hybridized carbons (Fsp3) is 0.647.